The van der Waals surface area contributed by atoms with Gasteiger partial charge < -0.3 is 10.4 Å². The molecule has 0 saturated heterocycles. The molecule has 132 valence electrons. The molecule has 2 aromatic rings. The van der Waals surface area contributed by atoms with E-state index in [-0.39, 0.29) is 5.75 Å². The summed E-state index contributed by atoms with van der Waals surface area (Å²) in [6, 6.07) is 18.4. The van der Waals surface area contributed by atoms with E-state index in [0.717, 1.165) is 12.8 Å². The van der Waals surface area contributed by atoms with Gasteiger partial charge in [0.1, 0.15) is 6.04 Å². The SMILES string of the molecule is C/C(=C\CN[C@@H](CS)C(=O)O)CCc1ccc(-c2ccccc2)cc1. The summed E-state index contributed by atoms with van der Waals surface area (Å²) in [6.07, 6.45) is 4.00. The van der Waals surface area contributed by atoms with Crippen molar-refractivity contribution >= 4 is 18.6 Å². The number of hydrogen-bond donors (Lipinski definition) is 3. The average Bonchev–Trinajstić information content (AvgIpc) is 2.64. The molecule has 0 saturated carbocycles. The van der Waals surface area contributed by atoms with Crippen LogP contribution >= 0.6 is 12.6 Å². The van der Waals surface area contributed by atoms with Gasteiger partial charge in [0.25, 0.3) is 0 Å². The molecule has 0 heterocycles. The summed E-state index contributed by atoms with van der Waals surface area (Å²) in [5.41, 5.74) is 5.02. The molecule has 1 atom stereocenters. The Morgan fingerprint density at radius 2 is 1.76 bits per heavy atom. The van der Waals surface area contributed by atoms with Crippen molar-refractivity contribution in [2.24, 2.45) is 0 Å². The van der Waals surface area contributed by atoms with Gasteiger partial charge in [-0.1, -0.05) is 66.2 Å². The second kappa shape index (κ2) is 10.1. The number of rotatable bonds is 9. The Bertz CT molecular complexity index is 696. The summed E-state index contributed by atoms with van der Waals surface area (Å²) in [5.74, 6) is -0.574. The smallest absolute Gasteiger partial charge is 0.321 e. The van der Waals surface area contributed by atoms with Gasteiger partial charge in [0.15, 0.2) is 0 Å². The molecule has 0 fully saturated rings. The number of carboxylic acid groups (broad SMARTS) is 1. The summed E-state index contributed by atoms with van der Waals surface area (Å²) in [6.45, 7) is 2.63. The normalized spacial score (nSPS) is 12.8. The minimum Gasteiger partial charge on any atom is -0.480 e. The third kappa shape index (κ3) is 6.40. The van der Waals surface area contributed by atoms with E-state index in [9.17, 15) is 4.79 Å². The lowest BCUT2D eigenvalue weighted by Gasteiger charge is -2.10. The zero-order valence-corrected chi connectivity index (χ0v) is 15.4. The molecule has 0 radical (unpaired) electrons. The summed E-state index contributed by atoms with van der Waals surface area (Å²) >= 11 is 4.04. The summed E-state index contributed by atoms with van der Waals surface area (Å²) in [5, 5.41) is 11.9. The molecule has 0 bridgehead atoms. The van der Waals surface area contributed by atoms with Gasteiger partial charge in [-0.15, -0.1) is 0 Å². The van der Waals surface area contributed by atoms with E-state index in [4.69, 9.17) is 5.11 Å². The van der Waals surface area contributed by atoms with E-state index in [1.54, 1.807) is 0 Å². The Balaban J connectivity index is 1.82. The van der Waals surface area contributed by atoms with Gasteiger partial charge in [0, 0.05) is 12.3 Å². The maximum absolute atomic E-state index is 10.9. The van der Waals surface area contributed by atoms with Crippen molar-refractivity contribution in [1.82, 2.24) is 5.32 Å². The fourth-order valence-corrected chi connectivity index (χ4v) is 2.83. The highest BCUT2D eigenvalue weighted by atomic mass is 32.1. The van der Waals surface area contributed by atoms with Crippen molar-refractivity contribution in [3.8, 4) is 11.1 Å². The van der Waals surface area contributed by atoms with Crippen molar-refractivity contribution < 1.29 is 9.90 Å². The standard InChI is InChI=1S/C21H25NO2S/c1-16(13-14-22-20(15-25)21(23)24)7-8-17-9-11-19(12-10-17)18-5-3-2-4-6-18/h2-6,9-13,20,22,25H,7-8,14-15H2,1H3,(H,23,24)/b16-13+/t20-/m0/s1. The Hall–Kier alpha value is -2.04. The Labute approximate surface area is 155 Å². The maximum atomic E-state index is 10.9. The van der Waals surface area contributed by atoms with Crippen LogP contribution in [0.4, 0.5) is 0 Å². The van der Waals surface area contributed by atoms with Crippen LogP contribution in [0.15, 0.2) is 66.2 Å². The highest BCUT2D eigenvalue weighted by Gasteiger charge is 2.12. The van der Waals surface area contributed by atoms with Gasteiger partial charge in [0.05, 0.1) is 0 Å². The van der Waals surface area contributed by atoms with Crippen molar-refractivity contribution in [3.05, 3.63) is 71.8 Å². The second-order valence-corrected chi connectivity index (χ2v) is 6.46. The van der Waals surface area contributed by atoms with Crippen molar-refractivity contribution in [1.29, 1.82) is 0 Å². The number of benzene rings is 2. The predicted octanol–water partition coefficient (Wildman–Crippen LogP) is 4.21. The molecule has 0 spiro atoms. The van der Waals surface area contributed by atoms with Crippen molar-refractivity contribution in [2.45, 2.75) is 25.8 Å². The van der Waals surface area contributed by atoms with Crippen LogP contribution in [-0.2, 0) is 11.2 Å². The predicted molar refractivity (Wildman–Crippen MR) is 107 cm³/mol. The number of allylic oxidation sites excluding steroid dienone is 1. The maximum Gasteiger partial charge on any atom is 0.321 e. The first kappa shape index (κ1) is 19.3. The molecule has 0 aliphatic heterocycles. The summed E-state index contributed by atoms with van der Waals surface area (Å²) in [4.78, 5) is 10.9. The Kier molecular flexibility index (Phi) is 7.76. The van der Waals surface area contributed by atoms with Gasteiger partial charge in [0.2, 0.25) is 0 Å². The van der Waals surface area contributed by atoms with E-state index in [0.29, 0.717) is 6.54 Å². The van der Waals surface area contributed by atoms with Crippen LogP contribution in [0.25, 0.3) is 11.1 Å². The van der Waals surface area contributed by atoms with Gasteiger partial charge in [-0.2, -0.15) is 12.6 Å². The molecule has 3 nitrogen and oxygen atoms in total. The highest BCUT2D eigenvalue weighted by Crippen LogP contribution is 2.20. The first-order valence-corrected chi connectivity index (χ1v) is 9.10. The molecule has 2 N–H and O–H groups in total. The van der Waals surface area contributed by atoms with Gasteiger partial charge >= 0.3 is 5.97 Å². The highest BCUT2D eigenvalue weighted by molar-refractivity contribution is 7.80. The Morgan fingerprint density at radius 3 is 2.36 bits per heavy atom. The second-order valence-electron chi connectivity index (χ2n) is 6.10. The van der Waals surface area contributed by atoms with Crippen LogP contribution in [0, 0.1) is 0 Å². The fraction of sp³-hybridized carbons (Fsp3) is 0.286. The summed E-state index contributed by atoms with van der Waals surface area (Å²) in [7, 11) is 0. The Morgan fingerprint density at radius 1 is 1.12 bits per heavy atom. The van der Waals surface area contributed by atoms with Crippen LogP contribution in [0.3, 0.4) is 0 Å². The molecule has 4 heteroatoms. The van der Waals surface area contributed by atoms with Crippen molar-refractivity contribution in [2.75, 3.05) is 12.3 Å². The van der Waals surface area contributed by atoms with Gasteiger partial charge in [-0.25, -0.2) is 0 Å². The number of hydrogen-bond acceptors (Lipinski definition) is 3. The lowest BCUT2D eigenvalue weighted by molar-refractivity contribution is -0.138. The van der Waals surface area contributed by atoms with Crippen LogP contribution in [0.1, 0.15) is 18.9 Å². The molecule has 0 amide bonds. The minimum absolute atomic E-state index is 0.288. The number of nitrogens with one attached hydrogen (secondary N) is 1. The zero-order valence-electron chi connectivity index (χ0n) is 14.5. The van der Waals surface area contributed by atoms with Crippen LogP contribution < -0.4 is 5.32 Å². The van der Waals surface area contributed by atoms with Gasteiger partial charge in [-0.05, 0) is 36.5 Å². The van der Waals surface area contributed by atoms with E-state index in [1.807, 2.05) is 18.2 Å². The molecule has 0 aliphatic rings. The molecule has 0 aromatic heterocycles. The molecular formula is C21H25NO2S. The largest absolute Gasteiger partial charge is 0.480 e. The lowest BCUT2D eigenvalue weighted by atomic mass is 10.0. The summed E-state index contributed by atoms with van der Waals surface area (Å²) < 4.78 is 0. The van der Waals surface area contributed by atoms with Crippen molar-refractivity contribution in [3.63, 3.8) is 0 Å². The van der Waals surface area contributed by atoms with Gasteiger partial charge in [-0.3, -0.25) is 4.79 Å². The van der Waals surface area contributed by atoms with E-state index in [1.165, 1.54) is 22.3 Å². The molecule has 2 rings (SSSR count). The third-order valence-corrected chi connectivity index (χ3v) is 4.53. The monoisotopic (exact) mass is 355 g/mol. The third-order valence-electron chi connectivity index (χ3n) is 4.16. The van der Waals surface area contributed by atoms with E-state index in [2.05, 4.69) is 67.3 Å². The number of thiol groups is 1. The quantitative estimate of drug-likeness (QED) is 0.467. The molecular weight excluding hydrogens is 330 g/mol. The molecule has 25 heavy (non-hydrogen) atoms. The number of aryl methyl sites for hydroxylation is 1. The lowest BCUT2D eigenvalue weighted by Crippen LogP contribution is -2.38. The number of aliphatic carboxylic acids is 1. The first-order valence-electron chi connectivity index (χ1n) is 8.47. The topological polar surface area (TPSA) is 49.3 Å². The van der Waals surface area contributed by atoms with E-state index >= 15 is 0 Å². The number of carbonyl (C=O) groups is 1. The average molecular weight is 356 g/mol. The van der Waals surface area contributed by atoms with Crippen LogP contribution in [-0.4, -0.2) is 29.4 Å². The first-order chi connectivity index (χ1) is 12.1. The van der Waals surface area contributed by atoms with E-state index < -0.39 is 12.0 Å². The zero-order chi connectivity index (χ0) is 18.1. The van der Waals surface area contributed by atoms with Crippen LogP contribution in [0.2, 0.25) is 0 Å². The number of carboxylic acids is 1. The molecule has 2 aromatic carbocycles. The van der Waals surface area contributed by atoms with Crippen LogP contribution in [0.5, 0.6) is 0 Å². The minimum atomic E-state index is -0.862. The molecule has 0 unspecified atom stereocenters. The molecule has 0 aliphatic carbocycles. The fourth-order valence-electron chi connectivity index (χ4n) is 2.54.